The Morgan fingerprint density at radius 1 is 1.06 bits per heavy atom. The molecule has 10 heteroatoms. The maximum Gasteiger partial charge on any atom is 0.416 e. The average Bonchev–Trinajstić information content (AvgIpc) is 2.75. The Morgan fingerprint density at radius 3 is 2.38 bits per heavy atom. The van der Waals surface area contributed by atoms with Crippen molar-refractivity contribution in [3.8, 4) is 5.75 Å². The number of alkyl halides is 3. The van der Waals surface area contributed by atoms with E-state index < -0.39 is 26.8 Å². The van der Waals surface area contributed by atoms with Crippen LogP contribution in [0.4, 0.5) is 13.2 Å². The van der Waals surface area contributed by atoms with E-state index in [1.807, 2.05) is 0 Å². The molecule has 0 heterocycles. The number of halogens is 3. The van der Waals surface area contributed by atoms with Crippen molar-refractivity contribution in [1.82, 2.24) is 5.43 Å². The topological polar surface area (TPSA) is 84.8 Å². The van der Waals surface area contributed by atoms with Gasteiger partial charge in [-0.05, 0) is 55.2 Å². The SMILES string of the molecule is O=C(CC1CCCCC1)N/N=C/c1ccccc1OS(=O)(=O)c1ccc(C(F)(F)F)cc1. The molecule has 0 atom stereocenters. The Labute approximate surface area is 184 Å². The summed E-state index contributed by atoms with van der Waals surface area (Å²) in [5.74, 6) is 0.0602. The zero-order valence-corrected chi connectivity index (χ0v) is 18.0. The average molecular weight is 468 g/mol. The van der Waals surface area contributed by atoms with Crippen molar-refractivity contribution in [3.63, 3.8) is 0 Å². The number of nitrogens with one attached hydrogen (secondary N) is 1. The van der Waals surface area contributed by atoms with Crippen molar-refractivity contribution >= 4 is 22.2 Å². The molecular weight excluding hydrogens is 445 g/mol. The van der Waals surface area contributed by atoms with E-state index >= 15 is 0 Å². The predicted molar refractivity (Wildman–Crippen MR) is 113 cm³/mol. The largest absolute Gasteiger partial charge is 0.416 e. The minimum absolute atomic E-state index is 0.0716. The first-order valence-electron chi connectivity index (χ1n) is 10.2. The first-order valence-corrected chi connectivity index (χ1v) is 11.6. The molecule has 0 aliphatic heterocycles. The van der Waals surface area contributed by atoms with E-state index in [1.165, 1.54) is 30.8 Å². The van der Waals surface area contributed by atoms with Crippen molar-refractivity contribution in [1.29, 1.82) is 0 Å². The Kier molecular flexibility index (Phi) is 7.55. The van der Waals surface area contributed by atoms with Crippen LogP contribution in [0.3, 0.4) is 0 Å². The highest BCUT2D eigenvalue weighted by molar-refractivity contribution is 7.87. The number of amides is 1. The molecule has 1 saturated carbocycles. The van der Waals surface area contributed by atoms with Crippen LogP contribution in [-0.4, -0.2) is 20.5 Å². The smallest absolute Gasteiger partial charge is 0.378 e. The Hall–Kier alpha value is -2.88. The normalized spacial score (nSPS) is 15.6. The summed E-state index contributed by atoms with van der Waals surface area (Å²) in [5, 5.41) is 3.88. The van der Waals surface area contributed by atoms with Gasteiger partial charge in [-0.15, -0.1) is 0 Å². The van der Waals surface area contributed by atoms with Gasteiger partial charge in [0.05, 0.1) is 11.8 Å². The van der Waals surface area contributed by atoms with Crippen molar-refractivity contribution in [2.75, 3.05) is 0 Å². The first-order chi connectivity index (χ1) is 15.1. The molecule has 1 aliphatic rings. The number of carbonyl (C=O) groups excluding carboxylic acids is 1. The lowest BCUT2D eigenvalue weighted by Crippen LogP contribution is -2.22. The summed E-state index contributed by atoms with van der Waals surface area (Å²) in [6, 6.07) is 9.10. The van der Waals surface area contributed by atoms with Crippen LogP contribution >= 0.6 is 0 Å². The fourth-order valence-electron chi connectivity index (χ4n) is 3.51. The third kappa shape index (κ3) is 6.56. The molecule has 3 rings (SSSR count). The lowest BCUT2D eigenvalue weighted by molar-refractivity contribution is -0.137. The second kappa shape index (κ2) is 10.2. The summed E-state index contributed by atoms with van der Waals surface area (Å²) in [5.41, 5.74) is 1.75. The van der Waals surface area contributed by atoms with Crippen molar-refractivity contribution in [3.05, 3.63) is 59.7 Å². The summed E-state index contributed by atoms with van der Waals surface area (Å²) in [7, 11) is -4.38. The number of carbonyl (C=O) groups is 1. The number of hydrogen-bond acceptors (Lipinski definition) is 5. The van der Waals surface area contributed by atoms with Gasteiger partial charge in [-0.25, -0.2) is 5.43 Å². The second-order valence-corrected chi connectivity index (χ2v) is 9.15. The summed E-state index contributed by atoms with van der Waals surface area (Å²) < 4.78 is 68.2. The van der Waals surface area contributed by atoms with Gasteiger partial charge in [0.1, 0.15) is 4.90 Å². The van der Waals surface area contributed by atoms with Crippen molar-refractivity contribution < 1.29 is 30.6 Å². The lowest BCUT2D eigenvalue weighted by Gasteiger charge is -2.20. The van der Waals surface area contributed by atoms with Crippen LogP contribution in [0, 0.1) is 5.92 Å². The molecule has 0 spiro atoms. The molecule has 2 aromatic carbocycles. The molecule has 1 aliphatic carbocycles. The Bertz CT molecular complexity index is 1060. The standard InChI is InChI=1S/C22H23F3N2O4S/c23-22(24,25)18-10-12-19(13-11-18)32(29,30)31-20-9-5-4-8-17(20)15-26-27-21(28)14-16-6-2-1-3-7-16/h4-5,8-13,15-16H,1-3,6-7,14H2,(H,27,28)/b26-15+. The molecule has 172 valence electrons. The molecule has 0 unspecified atom stereocenters. The molecule has 0 saturated heterocycles. The van der Waals surface area contributed by atoms with Gasteiger partial charge in [0, 0.05) is 12.0 Å². The van der Waals surface area contributed by atoms with Crippen molar-refractivity contribution in [2.45, 2.75) is 49.6 Å². The van der Waals surface area contributed by atoms with Gasteiger partial charge in [-0.1, -0.05) is 31.4 Å². The van der Waals surface area contributed by atoms with E-state index in [9.17, 15) is 26.4 Å². The van der Waals surface area contributed by atoms with Crippen LogP contribution in [0.15, 0.2) is 58.5 Å². The van der Waals surface area contributed by atoms with Crippen LogP contribution < -0.4 is 9.61 Å². The minimum Gasteiger partial charge on any atom is -0.378 e. The highest BCUT2D eigenvalue weighted by atomic mass is 32.2. The fraction of sp³-hybridized carbons (Fsp3) is 0.364. The summed E-state index contributed by atoms with van der Waals surface area (Å²) >= 11 is 0. The maximum absolute atomic E-state index is 12.7. The monoisotopic (exact) mass is 468 g/mol. The van der Waals surface area contributed by atoms with Crippen LogP contribution in [0.1, 0.15) is 49.7 Å². The molecule has 6 nitrogen and oxygen atoms in total. The summed E-state index contributed by atoms with van der Waals surface area (Å²) in [4.78, 5) is 11.6. The summed E-state index contributed by atoms with van der Waals surface area (Å²) in [6.45, 7) is 0. The van der Waals surface area contributed by atoms with E-state index in [4.69, 9.17) is 4.18 Å². The number of benzene rings is 2. The highest BCUT2D eigenvalue weighted by Crippen LogP contribution is 2.30. The highest BCUT2D eigenvalue weighted by Gasteiger charge is 2.31. The van der Waals surface area contributed by atoms with Crippen molar-refractivity contribution in [2.24, 2.45) is 11.0 Å². The van der Waals surface area contributed by atoms with Gasteiger partial charge < -0.3 is 4.18 Å². The van der Waals surface area contributed by atoms with Crippen LogP contribution in [0.5, 0.6) is 5.75 Å². The molecule has 1 N–H and O–H groups in total. The molecule has 0 bridgehead atoms. The first kappa shape index (κ1) is 23.8. The van der Waals surface area contributed by atoms with Gasteiger partial charge in [0.2, 0.25) is 5.91 Å². The third-order valence-electron chi connectivity index (χ3n) is 5.18. The van der Waals surface area contributed by atoms with E-state index in [0.29, 0.717) is 24.5 Å². The van der Waals surface area contributed by atoms with Crippen LogP contribution in [0.25, 0.3) is 0 Å². The molecule has 2 aromatic rings. The minimum atomic E-state index is -4.58. The zero-order valence-electron chi connectivity index (χ0n) is 17.1. The summed E-state index contributed by atoms with van der Waals surface area (Å²) in [6.07, 6.45) is 2.56. The van der Waals surface area contributed by atoms with E-state index in [0.717, 1.165) is 37.8 Å². The maximum atomic E-state index is 12.7. The lowest BCUT2D eigenvalue weighted by atomic mass is 9.87. The zero-order chi connectivity index (χ0) is 23.2. The molecule has 32 heavy (non-hydrogen) atoms. The number of nitrogens with zero attached hydrogens (tertiary/aromatic N) is 1. The van der Waals surface area contributed by atoms with Crippen LogP contribution in [0.2, 0.25) is 0 Å². The Balaban J connectivity index is 1.66. The molecule has 1 amide bonds. The van der Waals surface area contributed by atoms with E-state index in [2.05, 4.69) is 10.5 Å². The number of hydrogen-bond donors (Lipinski definition) is 1. The number of rotatable bonds is 7. The predicted octanol–water partition coefficient (Wildman–Crippen LogP) is 4.89. The molecule has 0 radical (unpaired) electrons. The molecule has 0 aromatic heterocycles. The quantitative estimate of drug-likeness (QED) is 0.356. The van der Waals surface area contributed by atoms with Gasteiger partial charge in [0.25, 0.3) is 0 Å². The molecule has 1 fully saturated rings. The van der Waals surface area contributed by atoms with Gasteiger partial charge >= 0.3 is 16.3 Å². The molecular formula is C22H23F3N2O4S. The van der Waals surface area contributed by atoms with Gasteiger partial charge in [-0.2, -0.15) is 26.7 Å². The van der Waals surface area contributed by atoms with E-state index in [-0.39, 0.29) is 17.2 Å². The Morgan fingerprint density at radius 2 is 1.72 bits per heavy atom. The van der Waals surface area contributed by atoms with E-state index in [1.54, 1.807) is 6.07 Å². The number of hydrazone groups is 1. The van der Waals surface area contributed by atoms with Gasteiger partial charge in [-0.3, -0.25) is 4.79 Å². The van der Waals surface area contributed by atoms with Crippen LogP contribution in [-0.2, 0) is 21.1 Å². The number of para-hydroxylation sites is 1. The second-order valence-electron chi connectivity index (χ2n) is 7.60. The van der Waals surface area contributed by atoms with Gasteiger partial charge in [0.15, 0.2) is 5.75 Å². The fourth-order valence-corrected chi connectivity index (χ4v) is 4.47. The third-order valence-corrected chi connectivity index (χ3v) is 6.43.